The lowest BCUT2D eigenvalue weighted by atomic mass is 10.1. The highest BCUT2D eigenvalue weighted by atomic mass is 32.2. The van der Waals surface area contributed by atoms with Gasteiger partial charge in [-0.25, -0.2) is 13.1 Å². The average molecular weight is 299 g/mol. The summed E-state index contributed by atoms with van der Waals surface area (Å²) < 4.78 is 26.1. The first-order chi connectivity index (χ1) is 9.30. The fourth-order valence-corrected chi connectivity index (χ4v) is 3.10. The summed E-state index contributed by atoms with van der Waals surface area (Å²) >= 11 is 0. The Hall–Kier alpha value is -1.40. The molecule has 0 amide bonds. The molecule has 0 unspecified atom stereocenters. The van der Waals surface area contributed by atoms with Crippen LogP contribution >= 0.6 is 0 Å². The fourth-order valence-electron chi connectivity index (χ4n) is 1.84. The smallest absolute Gasteiger partial charge is 0.321 e. The van der Waals surface area contributed by atoms with E-state index in [0.717, 1.165) is 5.56 Å². The highest BCUT2D eigenvalue weighted by Gasteiger charge is 2.24. The zero-order valence-corrected chi connectivity index (χ0v) is 12.6. The number of rotatable bonds is 8. The van der Waals surface area contributed by atoms with Crippen LogP contribution in [0, 0.1) is 5.92 Å². The first kappa shape index (κ1) is 16.7. The molecule has 5 nitrogen and oxygen atoms in total. The molecule has 20 heavy (non-hydrogen) atoms. The maximum Gasteiger partial charge on any atom is 0.321 e. The molecule has 0 heterocycles. The first-order valence-corrected chi connectivity index (χ1v) is 8.22. The van der Waals surface area contributed by atoms with Gasteiger partial charge in [-0.2, -0.15) is 0 Å². The van der Waals surface area contributed by atoms with E-state index in [1.165, 1.54) is 0 Å². The highest BCUT2D eigenvalue weighted by molar-refractivity contribution is 7.89. The van der Waals surface area contributed by atoms with Gasteiger partial charge in [0, 0.05) is 0 Å². The van der Waals surface area contributed by atoms with E-state index in [1.807, 2.05) is 44.2 Å². The van der Waals surface area contributed by atoms with Gasteiger partial charge in [-0.05, 0) is 24.3 Å². The molecule has 1 aromatic rings. The van der Waals surface area contributed by atoms with Crippen molar-refractivity contribution in [1.29, 1.82) is 0 Å². The van der Waals surface area contributed by atoms with E-state index in [2.05, 4.69) is 4.72 Å². The third-order valence-electron chi connectivity index (χ3n) is 2.83. The van der Waals surface area contributed by atoms with Crippen LogP contribution in [-0.4, -0.2) is 31.3 Å². The number of carboxylic acids is 1. The van der Waals surface area contributed by atoms with Crippen LogP contribution in [0.5, 0.6) is 0 Å². The summed E-state index contributed by atoms with van der Waals surface area (Å²) in [5.41, 5.74) is 0.911. The summed E-state index contributed by atoms with van der Waals surface area (Å²) in [4.78, 5) is 11.1. The van der Waals surface area contributed by atoms with Crippen molar-refractivity contribution in [3.8, 4) is 0 Å². The highest BCUT2D eigenvalue weighted by Crippen LogP contribution is 2.07. The molecule has 0 radical (unpaired) electrons. The Bertz CT molecular complexity index is 525. The molecule has 0 aliphatic heterocycles. The van der Waals surface area contributed by atoms with Crippen LogP contribution in [0.3, 0.4) is 0 Å². The standard InChI is InChI=1S/C14H21NO4S/c1-11(2)10-13(14(16)17)15-20(18,19)9-8-12-6-4-3-5-7-12/h3-7,11,13,15H,8-10H2,1-2H3,(H,16,17)/t13-/m1/s1. The number of hydrogen-bond donors (Lipinski definition) is 2. The minimum atomic E-state index is -3.60. The van der Waals surface area contributed by atoms with Gasteiger partial charge >= 0.3 is 5.97 Å². The van der Waals surface area contributed by atoms with Crippen molar-refractivity contribution in [3.63, 3.8) is 0 Å². The molecule has 0 saturated carbocycles. The molecule has 0 saturated heterocycles. The van der Waals surface area contributed by atoms with Crippen LogP contribution in [-0.2, 0) is 21.2 Å². The molecule has 0 aromatic heterocycles. The predicted molar refractivity (Wildman–Crippen MR) is 77.9 cm³/mol. The molecule has 1 rings (SSSR count). The van der Waals surface area contributed by atoms with Gasteiger partial charge in [-0.1, -0.05) is 44.2 Å². The van der Waals surface area contributed by atoms with Crippen LogP contribution < -0.4 is 4.72 Å². The second-order valence-corrected chi connectivity index (χ2v) is 7.07. The van der Waals surface area contributed by atoms with Crippen molar-refractivity contribution in [2.45, 2.75) is 32.7 Å². The van der Waals surface area contributed by atoms with E-state index in [4.69, 9.17) is 5.11 Å². The Kier molecular flexibility index (Phi) is 6.16. The van der Waals surface area contributed by atoms with Crippen molar-refractivity contribution in [2.24, 2.45) is 5.92 Å². The number of benzene rings is 1. The van der Waals surface area contributed by atoms with Gasteiger partial charge in [-0.15, -0.1) is 0 Å². The van der Waals surface area contributed by atoms with Crippen LogP contribution in [0.4, 0.5) is 0 Å². The van der Waals surface area contributed by atoms with E-state index < -0.39 is 22.0 Å². The molecule has 0 bridgehead atoms. The molecule has 112 valence electrons. The molecule has 0 fully saturated rings. The average Bonchev–Trinajstić information content (AvgIpc) is 2.36. The van der Waals surface area contributed by atoms with Crippen molar-refractivity contribution in [1.82, 2.24) is 4.72 Å². The van der Waals surface area contributed by atoms with Gasteiger partial charge in [0.2, 0.25) is 10.0 Å². The van der Waals surface area contributed by atoms with Crippen LogP contribution in [0.1, 0.15) is 25.8 Å². The quantitative estimate of drug-likeness (QED) is 0.764. The van der Waals surface area contributed by atoms with Gasteiger partial charge < -0.3 is 5.11 Å². The normalized spacial score (nSPS) is 13.3. The summed E-state index contributed by atoms with van der Waals surface area (Å²) in [6.07, 6.45) is 0.643. The lowest BCUT2D eigenvalue weighted by Gasteiger charge is -2.16. The summed E-state index contributed by atoms with van der Waals surface area (Å²) in [7, 11) is -3.60. The van der Waals surface area contributed by atoms with E-state index in [9.17, 15) is 13.2 Å². The topological polar surface area (TPSA) is 83.5 Å². The second kappa shape index (κ2) is 7.40. The van der Waals surface area contributed by atoms with Crippen molar-refractivity contribution < 1.29 is 18.3 Å². The number of hydrogen-bond acceptors (Lipinski definition) is 3. The number of sulfonamides is 1. The molecule has 0 spiro atoms. The Morgan fingerprint density at radius 1 is 1.25 bits per heavy atom. The zero-order chi connectivity index (χ0) is 15.2. The number of nitrogens with one attached hydrogen (secondary N) is 1. The van der Waals surface area contributed by atoms with Crippen molar-refractivity contribution >= 4 is 16.0 Å². The number of aryl methyl sites for hydroxylation is 1. The van der Waals surface area contributed by atoms with Gasteiger partial charge in [-0.3, -0.25) is 4.79 Å². The minimum Gasteiger partial charge on any atom is -0.480 e. The minimum absolute atomic E-state index is 0.105. The Morgan fingerprint density at radius 3 is 2.35 bits per heavy atom. The summed E-state index contributed by atoms with van der Waals surface area (Å²) in [6, 6.07) is 8.18. The number of carboxylic acid groups (broad SMARTS) is 1. The van der Waals surface area contributed by atoms with Gasteiger partial charge in [0.1, 0.15) is 6.04 Å². The zero-order valence-electron chi connectivity index (χ0n) is 11.7. The summed E-state index contributed by atoms with van der Waals surface area (Å²) in [6.45, 7) is 3.71. The van der Waals surface area contributed by atoms with E-state index >= 15 is 0 Å². The summed E-state index contributed by atoms with van der Waals surface area (Å²) in [5.74, 6) is -1.14. The van der Waals surface area contributed by atoms with Gasteiger partial charge in [0.05, 0.1) is 5.75 Å². The van der Waals surface area contributed by atoms with Crippen LogP contribution in [0.2, 0.25) is 0 Å². The molecular formula is C14H21NO4S. The van der Waals surface area contributed by atoms with Crippen molar-refractivity contribution in [2.75, 3.05) is 5.75 Å². The number of carbonyl (C=O) groups is 1. The fraction of sp³-hybridized carbons (Fsp3) is 0.500. The third-order valence-corrected chi connectivity index (χ3v) is 4.21. The lowest BCUT2D eigenvalue weighted by Crippen LogP contribution is -2.42. The molecule has 0 aliphatic carbocycles. The second-order valence-electron chi connectivity index (χ2n) is 5.19. The van der Waals surface area contributed by atoms with E-state index in [1.54, 1.807) is 0 Å². The van der Waals surface area contributed by atoms with Gasteiger partial charge in [0.15, 0.2) is 0 Å². The molecular weight excluding hydrogens is 278 g/mol. The SMILES string of the molecule is CC(C)C[C@@H](NS(=O)(=O)CCc1ccccc1)C(=O)O. The molecule has 2 N–H and O–H groups in total. The van der Waals surface area contributed by atoms with E-state index in [-0.39, 0.29) is 18.1 Å². The Morgan fingerprint density at radius 2 is 1.85 bits per heavy atom. The van der Waals surface area contributed by atoms with E-state index in [0.29, 0.717) is 6.42 Å². The Labute approximate surface area is 120 Å². The van der Waals surface area contributed by atoms with Crippen LogP contribution in [0.15, 0.2) is 30.3 Å². The summed E-state index contributed by atoms with van der Waals surface area (Å²) in [5, 5.41) is 9.04. The van der Waals surface area contributed by atoms with Crippen LogP contribution in [0.25, 0.3) is 0 Å². The molecule has 0 aliphatic rings. The Balaban J connectivity index is 2.61. The molecule has 1 aromatic carbocycles. The molecule has 1 atom stereocenters. The largest absolute Gasteiger partial charge is 0.480 e. The lowest BCUT2D eigenvalue weighted by molar-refractivity contribution is -0.139. The third kappa shape index (κ3) is 6.16. The maximum atomic E-state index is 11.9. The first-order valence-electron chi connectivity index (χ1n) is 6.57. The number of aliphatic carboxylic acids is 1. The monoisotopic (exact) mass is 299 g/mol. The van der Waals surface area contributed by atoms with Gasteiger partial charge in [0.25, 0.3) is 0 Å². The van der Waals surface area contributed by atoms with Crippen molar-refractivity contribution in [3.05, 3.63) is 35.9 Å². The maximum absolute atomic E-state index is 11.9. The molecule has 6 heteroatoms. The predicted octanol–water partition coefficient (Wildman–Crippen LogP) is 1.65.